The molecule has 1 aromatic carbocycles. The smallest absolute Gasteiger partial charge is 0.310 e. The van der Waals surface area contributed by atoms with E-state index in [0.29, 0.717) is 0 Å². The van der Waals surface area contributed by atoms with E-state index in [1.807, 2.05) is 0 Å². The van der Waals surface area contributed by atoms with Crippen molar-refractivity contribution in [2.75, 3.05) is 6.54 Å². The minimum absolute atomic E-state index is 0.0235. The van der Waals surface area contributed by atoms with Crippen LogP contribution in [0.15, 0.2) is 18.2 Å². The van der Waals surface area contributed by atoms with Crippen molar-refractivity contribution in [3.05, 3.63) is 34.6 Å². The molecule has 0 aliphatic heterocycles. The van der Waals surface area contributed by atoms with Gasteiger partial charge in [0.25, 0.3) is 0 Å². The summed E-state index contributed by atoms with van der Waals surface area (Å²) in [5, 5.41) is 9.25. The normalized spacial score (nSPS) is 14.5. The summed E-state index contributed by atoms with van der Waals surface area (Å²) < 4.78 is 13.5. The van der Waals surface area contributed by atoms with Gasteiger partial charge in [0, 0.05) is 17.1 Å². The molecule has 5 heteroatoms. The van der Waals surface area contributed by atoms with Gasteiger partial charge in [-0.05, 0) is 25.5 Å². The summed E-state index contributed by atoms with van der Waals surface area (Å²) in [7, 11) is 0. The van der Waals surface area contributed by atoms with Crippen molar-refractivity contribution in [2.45, 2.75) is 13.3 Å². The van der Waals surface area contributed by atoms with Gasteiger partial charge in [-0.1, -0.05) is 17.7 Å². The van der Waals surface area contributed by atoms with Crippen molar-refractivity contribution >= 4 is 17.6 Å². The molecule has 88 valence electrons. The first kappa shape index (κ1) is 12.9. The third-order valence-electron chi connectivity index (χ3n) is 2.60. The van der Waals surface area contributed by atoms with Crippen molar-refractivity contribution in [3.8, 4) is 0 Å². The summed E-state index contributed by atoms with van der Waals surface area (Å²) in [6.45, 7) is 1.39. The minimum Gasteiger partial charge on any atom is -0.481 e. The van der Waals surface area contributed by atoms with Crippen LogP contribution in [0.3, 0.4) is 0 Å². The van der Waals surface area contributed by atoms with Crippen molar-refractivity contribution in [1.82, 2.24) is 0 Å². The highest BCUT2D eigenvalue weighted by molar-refractivity contribution is 6.31. The first-order valence-corrected chi connectivity index (χ1v) is 5.15. The Morgan fingerprint density at radius 3 is 2.69 bits per heavy atom. The summed E-state index contributed by atoms with van der Waals surface area (Å²) in [6.07, 6.45) is -0.0235. The molecule has 0 amide bonds. The van der Waals surface area contributed by atoms with Crippen LogP contribution in [-0.4, -0.2) is 17.6 Å². The van der Waals surface area contributed by atoms with E-state index in [9.17, 15) is 9.18 Å². The molecule has 0 aliphatic carbocycles. The summed E-state index contributed by atoms with van der Waals surface area (Å²) in [5.41, 5.74) is 4.40. The van der Waals surface area contributed by atoms with Gasteiger partial charge in [-0.2, -0.15) is 0 Å². The number of hydrogen-bond acceptors (Lipinski definition) is 2. The number of hydrogen-bond donors (Lipinski definition) is 2. The van der Waals surface area contributed by atoms with Crippen LogP contribution in [0, 0.1) is 11.2 Å². The highest BCUT2D eigenvalue weighted by atomic mass is 35.5. The summed E-state index contributed by atoms with van der Waals surface area (Å²) in [6, 6.07) is 4.25. The molecule has 0 spiro atoms. The molecular weight excluding hydrogens is 233 g/mol. The van der Waals surface area contributed by atoms with Crippen LogP contribution in [0.5, 0.6) is 0 Å². The first-order chi connectivity index (χ1) is 7.40. The van der Waals surface area contributed by atoms with Crippen LogP contribution in [0.4, 0.5) is 4.39 Å². The molecular formula is C11H13ClFNO2. The standard InChI is InChI=1S/C11H13ClFNO2/c1-11(6-14,10(15)16)5-7-8(12)3-2-4-9(7)13/h2-4H,5-6,14H2,1H3,(H,15,16)/t11-/m0/s1. The van der Waals surface area contributed by atoms with Crippen molar-refractivity contribution in [3.63, 3.8) is 0 Å². The second-order valence-corrected chi connectivity index (χ2v) is 4.35. The van der Waals surface area contributed by atoms with Gasteiger partial charge < -0.3 is 10.8 Å². The van der Waals surface area contributed by atoms with Crippen LogP contribution in [-0.2, 0) is 11.2 Å². The Hall–Kier alpha value is -1.13. The molecule has 0 saturated carbocycles. The second-order valence-electron chi connectivity index (χ2n) is 3.95. The number of aliphatic carboxylic acids is 1. The van der Waals surface area contributed by atoms with Crippen LogP contribution < -0.4 is 5.73 Å². The maximum atomic E-state index is 13.5. The maximum absolute atomic E-state index is 13.5. The molecule has 3 nitrogen and oxygen atoms in total. The lowest BCUT2D eigenvalue weighted by atomic mass is 9.83. The number of nitrogens with two attached hydrogens (primary N) is 1. The lowest BCUT2D eigenvalue weighted by Crippen LogP contribution is -2.38. The van der Waals surface area contributed by atoms with E-state index in [4.69, 9.17) is 22.4 Å². The van der Waals surface area contributed by atoms with Crippen LogP contribution >= 0.6 is 11.6 Å². The highest BCUT2D eigenvalue weighted by Crippen LogP contribution is 2.28. The predicted octanol–water partition coefficient (Wildman–Crippen LogP) is 2.07. The maximum Gasteiger partial charge on any atom is 0.310 e. The van der Waals surface area contributed by atoms with Gasteiger partial charge in [0.05, 0.1) is 5.41 Å². The van der Waals surface area contributed by atoms with Gasteiger partial charge in [-0.3, -0.25) is 4.79 Å². The van der Waals surface area contributed by atoms with E-state index < -0.39 is 17.2 Å². The molecule has 1 rings (SSSR count). The number of carbonyl (C=O) groups is 1. The Balaban J connectivity index is 3.08. The number of benzene rings is 1. The molecule has 16 heavy (non-hydrogen) atoms. The number of carboxylic acid groups (broad SMARTS) is 1. The van der Waals surface area contributed by atoms with Crippen molar-refractivity contribution in [1.29, 1.82) is 0 Å². The quantitative estimate of drug-likeness (QED) is 0.854. The zero-order valence-electron chi connectivity index (χ0n) is 8.84. The lowest BCUT2D eigenvalue weighted by Gasteiger charge is -2.23. The third kappa shape index (κ3) is 2.51. The molecule has 0 fully saturated rings. The highest BCUT2D eigenvalue weighted by Gasteiger charge is 2.33. The predicted molar refractivity (Wildman–Crippen MR) is 59.9 cm³/mol. The van der Waals surface area contributed by atoms with E-state index in [0.717, 1.165) is 0 Å². The van der Waals surface area contributed by atoms with Crippen LogP contribution in [0.2, 0.25) is 5.02 Å². The fourth-order valence-electron chi connectivity index (χ4n) is 1.33. The SMILES string of the molecule is C[C@@](CN)(Cc1c(F)cccc1Cl)C(=O)O. The fraction of sp³-hybridized carbons (Fsp3) is 0.364. The molecule has 0 bridgehead atoms. The Morgan fingerprint density at radius 2 is 2.25 bits per heavy atom. The Bertz CT molecular complexity index is 391. The third-order valence-corrected chi connectivity index (χ3v) is 2.95. The largest absolute Gasteiger partial charge is 0.481 e. The van der Waals surface area contributed by atoms with Crippen molar-refractivity contribution < 1.29 is 14.3 Å². The summed E-state index contributed by atoms with van der Waals surface area (Å²) in [5.74, 6) is -1.57. The molecule has 1 atom stereocenters. The number of rotatable bonds is 4. The monoisotopic (exact) mass is 245 g/mol. The molecule has 0 aliphatic rings. The minimum atomic E-state index is -1.20. The van der Waals surface area contributed by atoms with E-state index in [-0.39, 0.29) is 23.6 Å². The van der Waals surface area contributed by atoms with Gasteiger partial charge >= 0.3 is 5.97 Å². The average molecular weight is 246 g/mol. The van der Waals surface area contributed by atoms with E-state index >= 15 is 0 Å². The molecule has 0 aromatic heterocycles. The lowest BCUT2D eigenvalue weighted by molar-refractivity contribution is -0.147. The van der Waals surface area contributed by atoms with Gasteiger partial charge in [-0.25, -0.2) is 4.39 Å². The first-order valence-electron chi connectivity index (χ1n) is 4.77. The average Bonchev–Trinajstić information content (AvgIpc) is 2.23. The molecule has 0 heterocycles. The Kier molecular flexibility index (Phi) is 3.88. The van der Waals surface area contributed by atoms with E-state index in [2.05, 4.69) is 0 Å². The second kappa shape index (κ2) is 4.80. The van der Waals surface area contributed by atoms with E-state index in [1.54, 1.807) is 0 Å². The van der Waals surface area contributed by atoms with Gasteiger partial charge in [-0.15, -0.1) is 0 Å². The zero-order chi connectivity index (χ0) is 12.3. The molecule has 0 unspecified atom stereocenters. The topological polar surface area (TPSA) is 63.3 Å². The molecule has 1 aromatic rings. The Labute approximate surface area is 98.0 Å². The van der Waals surface area contributed by atoms with E-state index in [1.165, 1.54) is 25.1 Å². The summed E-state index contributed by atoms with van der Waals surface area (Å²) in [4.78, 5) is 11.0. The number of carboxylic acids is 1. The molecule has 0 saturated heterocycles. The molecule has 3 N–H and O–H groups in total. The van der Waals surface area contributed by atoms with Crippen LogP contribution in [0.1, 0.15) is 12.5 Å². The van der Waals surface area contributed by atoms with Crippen LogP contribution in [0.25, 0.3) is 0 Å². The molecule has 0 radical (unpaired) electrons. The Morgan fingerprint density at radius 1 is 1.62 bits per heavy atom. The van der Waals surface area contributed by atoms with Gasteiger partial charge in [0.15, 0.2) is 0 Å². The fourth-order valence-corrected chi connectivity index (χ4v) is 1.56. The number of halogens is 2. The van der Waals surface area contributed by atoms with Crippen molar-refractivity contribution in [2.24, 2.45) is 11.1 Å². The van der Waals surface area contributed by atoms with Gasteiger partial charge in [0.2, 0.25) is 0 Å². The summed E-state index contributed by atoms with van der Waals surface area (Å²) >= 11 is 5.82. The van der Waals surface area contributed by atoms with Gasteiger partial charge in [0.1, 0.15) is 5.82 Å². The zero-order valence-corrected chi connectivity index (χ0v) is 9.59.